The Morgan fingerprint density at radius 2 is 2.15 bits per heavy atom. The minimum Gasteiger partial charge on any atom is -0.422 e. The summed E-state index contributed by atoms with van der Waals surface area (Å²) < 4.78 is 4.05. The predicted molar refractivity (Wildman–Crippen MR) is 47.6 cm³/mol. The van der Waals surface area contributed by atoms with Gasteiger partial charge in [-0.05, 0) is 0 Å². The fraction of sp³-hybridized carbons (Fsp3) is 0. The highest BCUT2D eigenvalue weighted by molar-refractivity contribution is 6.64. The number of hydrogen-bond donors (Lipinski definition) is 1. The predicted octanol–water partition coefficient (Wildman–Crippen LogP) is 0.453. The molecule has 0 atom stereocenters. The van der Waals surface area contributed by atoms with Gasteiger partial charge in [0.1, 0.15) is 0 Å². The van der Waals surface area contributed by atoms with Gasteiger partial charge in [-0.15, -0.1) is 0 Å². The van der Waals surface area contributed by atoms with Crippen LogP contribution in [0.3, 0.4) is 0 Å². The summed E-state index contributed by atoms with van der Waals surface area (Å²) >= 11 is 4.89. The molecule has 0 bridgehead atoms. The zero-order chi connectivity index (χ0) is 9.84. The maximum absolute atomic E-state index is 10.4. The topological polar surface area (TPSA) is 72.6 Å². The molecule has 0 spiro atoms. The second-order valence-corrected chi connectivity index (χ2v) is 2.44. The van der Waals surface area contributed by atoms with Crippen LogP contribution in [0, 0.1) is 10.1 Å². The summed E-state index contributed by atoms with van der Waals surface area (Å²) in [6.45, 7) is 0. The van der Waals surface area contributed by atoms with Crippen molar-refractivity contribution in [2.45, 2.75) is 0 Å². The van der Waals surface area contributed by atoms with Crippen molar-refractivity contribution in [1.29, 1.82) is 0 Å². The third-order valence-electron chi connectivity index (χ3n) is 1.48. The van der Waals surface area contributed by atoms with E-state index in [9.17, 15) is 10.1 Å². The Kier molecular flexibility index (Phi) is 3.24. The first-order chi connectivity index (χ1) is 6.16. The van der Waals surface area contributed by atoms with Gasteiger partial charge in [0, 0.05) is 17.9 Å². The third kappa shape index (κ3) is 2.18. The first-order valence-corrected chi connectivity index (χ1v) is 3.66. The van der Waals surface area contributed by atoms with E-state index in [0.717, 1.165) is 0 Å². The molecule has 13 heavy (non-hydrogen) atoms. The molecular weight excluding hydrogens is 196 g/mol. The highest BCUT2D eigenvalue weighted by Gasteiger charge is 2.25. The van der Waals surface area contributed by atoms with E-state index >= 15 is 0 Å². The van der Waals surface area contributed by atoms with E-state index in [1.807, 2.05) is 0 Å². The first kappa shape index (κ1) is 9.98. The van der Waals surface area contributed by atoms with Gasteiger partial charge < -0.3 is 9.23 Å². The fourth-order valence-electron chi connectivity index (χ4n) is 0.911. The molecule has 1 rings (SSSR count). The van der Waals surface area contributed by atoms with Crippen molar-refractivity contribution in [2.75, 3.05) is 0 Å². The van der Waals surface area contributed by atoms with Crippen LogP contribution in [0.2, 0.25) is 0 Å². The lowest BCUT2D eigenvalue weighted by Gasteiger charge is -2.01. The van der Waals surface area contributed by atoms with Crippen LogP contribution in [0.4, 0.5) is 5.69 Å². The van der Waals surface area contributed by atoms with E-state index in [1.165, 1.54) is 18.2 Å². The van der Waals surface area contributed by atoms with Gasteiger partial charge >= 0.3 is 7.12 Å². The van der Waals surface area contributed by atoms with Gasteiger partial charge in [-0.2, -0.15) is 0 Å². The molecule has 0 saturated carbocycles. The van der Waals surface area contributed by atoms with Crippen molar-refractivity contribution < 1.29 is 14.2 Å². The molecule has 0 heterocycles. The van der Waals surface area contributed by atoms with Gasteiger partial charge in [-0.1, -0.05) is 18.2 Å². The van der Waals surface area contributed by atoms with Crippen molar-refractivity contribution in [3.05, 3.63) is 34.4 Å². The molecule has 68 valence electrons. The summed E-state index contributed by atoms with van der Waals surface area (Å²) in [7, 11) is -1.48. The van der Waals surface area contributed by atoms with E-state index < -0.39 is 12.0 Å². The van der Waals surface area contributed by atoms with E-state index in [1.54, 1.807) is 6.07 Å². The molecule has 0 unspecified atom stereocenters. The Morgan fingerprint density at radius 3 is 2.69 bits per heavy atom. The monoisotopic (exact) mass is 201 g/mol. The van der Waals surface area contributed by atoms with Crippen LogP contribution in [-0.2, 0) is 4.21 Å². The molecule has 1 aromatic carbocycles. The standard InChI is InChI=1S/C6H5BClNO4/c8-13-7(10)5-3-1-2-4-6(5)9(11)12/h1-4,10H. The Hall–Kier alpha value is -1.11. The van der Waals surface area contributed by atoms with Crippen molar-refractivity contribution in [2.24, 2.45) is 0 Å². The summed E-state index contributed by atoms with van der Waals surface area (Å²) in [5, 5.41) is 19.5. The average molecular weight is 201 g/mol. The van der Waals surface area contributed by atoms with E-state index in [0.29, 0.717) is 0 Å². The highest BCUT2D eigenvalue weighted by Crippen LogP contribution is 2.07. The zero-order valence-electron chi connectivity index (χ0n) is 6.38. The number of para-hydroxylation sites is 1. The van der Waals surface area contributed by atoms with Gasteiger partial charge in [0.25, 0.3) is 5.69 Å². The van der Waals surface area contributed by atoms with Gasteiger partial charge in [0.05, 0.1) is 10.4 Å². The molecule has 1 aromatic rings. The molecule has 0 aliphatic rings. The summed E-state index contributed by atoms with van der Waals surface area (Å²) in [6, 6.07) is 5.66. The van der Waals surface area contributed by atoms with Crippen molar-refractivity contribution in [3.63, 3.8) is 0 Å². The Balaban J connectivity index is 3.11. The third-order valence-corrected chi connectivity index (χ3v) is 1.65. The van der Waals surface area contributed by atoms with E-state index in [2.05, 4.69) is 4.21 Å². The number of hydrogen-bond acceptors (Lipinski definition) is 4. The van der Waals surface area contributed by atoms with Crippen LogP contribution in [0.1, 0.15) is 0 Å². The smallest absolute Gasteiger partial charge is 0.422 e. The largest absolute Gasteiger partial charge is 0.515 e. The van der Waals surface area contributed by atoms with Crippen LogP contribution in [0.15, 0.2) is 24.3 Å². The number of nitro benzene ring substituents is 1. The van der Waals surface area contributed by atoms with E-state index in [4.69, 9.17) is 16.9 Å². The van der Waals surface area contributed by atoms with Crippen LogP contribution in [-0.4, -0.2) is 17.1 Å². The van der Waals surface area contributed by atoms with Crippen molar-refractivity contribution >= 4 is 30.1 Å². The number of halogens is 1. The number of nitrogens with zero attached hydrogens (tertiary/aromatic N) is 1. The molecule has 5 nitrogen and oxygen atoms in total. The number of benzene rings is 1. The number of rotatable bonds is 3. The molecule has 0 saturated heterocycles. The summed E-state index contributed by atoms with van der Waals surface area (Å²) in [4.78, 5) is 9.82. The highest BCUT2D eigenvalue weighted by atomic mass is 35.5. The van der Waals surface area contributed by atoms with Crippen LogP contribution in [0.25, 0.3) is 0 Å². The lowest BCUT2D eigenvalue weighted by molar-refractivity contribution is -0.383. The molecule has 7 heteroatoms. The Bertz CT molecular complexity index is 321. The molecule has 0 fully saturated rings. The molecule has 0 aliphatic carbocycles. The molecule has 0 amide bonds. The first-order valence-electron chi connectivity index (χ1n) is 3.35. The van der Waals surface area contributed by atoms with E-state index in [-0.39, 0.29) is 11.2 Å². The minimum atomic E-state index is -1.48. The molecule has 0 aromatic heterocycles. The van der Waals surface area contributed by atoms with Crippen LogP contribution in [0.5, 0.6) is 0 Å². The molecular formula is C6H5BClNO4. The molecule has 0 radical (unpaired) electrons. The average Bonchev–Trinajstić information content (AvgIpc) is 2.16. The maximum Gasteiger partial charge on any atom is 0.515 e. The summed E-state index contributed by atoms with van der Waals surface area (Å²) in [5.74, 6) is 0. The minimum absolute atomic E-state index is 0.0301. The lowest BCUT2D eigenvalue weighted by atomic mass is 9.79. The SMILES string of the molecule is O=[N+]([O-])c1ccccc1B(O)OCl. The summed E-state index contributed by atoms with van der Waals surface area (Å²) in [6.07, 6.45) is 0. The lowest BCUT2D eigenvalue weighted by Crippen LogP contribution is -2.32. The summed E-state index contributed by atoms with van der Waals surface area (Å²) in [5.41, 5.74) is -0.196. The van der Waals surface area contributed by atoms with Gasteiger partial charge in [-0.25, -0.2) is 0 Å². The zero-order valence-corrected chi connectivity index (χ0v) is 7.14. The maximum atomic E-state index is 10.4. The Labute approximate surface area is 79.4 Å². The van der Waals surface area contributed by atoms with Gasteiger partial charge in [0.2, 0.25) is 0 Å². The van der Waals surface area contributed by atoms with Gasteiger partial charge in [0.15, 0.2) is 0 Å². The van der Waals surface area contributed by atoms with Crippen molar-refractivity contribution in [1.82, 2.24) is 0 Å². The molecule has 0 aliphatic heterocycles. The van der Waals surface area contributed by atoms with Gasteiger partial charge in [-0.3, -0.25) is 10.1 Å². The second-order valence-electron chi connectivity index (χ2n) is 2.26. The fourth-order valence-corrected chi connectivity index (χ4v) is 1.01. The normalized spacial score (nSPS) is 9.69. The Morgan fingerprint density at radius 1 is 1.54 bits per heavy atom. The molecule has 1 N–H and O–H groups in total. The van der Waals surface area contributed by atoms with Crippen LogP contribution >= 0.6 is 11.9 Å². The second kappa shape index (κ2) is 4.22. The van der Waals surface area contributed by atoms with Crippen molar-refractivity contribution in [3.8, 4) is 0 Å². The number of nitro groups is 1. The quantitative estimate of drug-likeness (QED) is 0.438. The van der Waals surface area contributed by atoms with Crippen LogP contribution < -0.4 is 5.46 Å².